The molecule has 0 saturated carbocycles. The summed E-state index contributed by atoms with van der Waals surface area (Å²) >= 11 is 3.33. The van der Waals surface area contributed by atoms with Crippen molar-refractivity contribution >= 4 is 22.2 Å². The highest BCUT2D eigenvalue weighted by Crippen LogP contribution is 2.18. The number of carbonyl (C=O) groups excluding carboxylic acids is 1. The van der Waals surface area contributed by atoms with Gasteiger partial charge in [-0.25, -0.2) is 4.98 Å². The summed E-state index contributed by atoms with van der Waals surface area (Å²) in [6, 6.07) is 0. The van der Waals surface area contributed by atoms with E-state index in [1.807, 2.05) is 4.57 Å². The Labute approximate surface area is 84.0 Å². The molecule has 1 fully saturated rings. The molecule has 0 spiro atoms. The van der Waals surface area contributed by atoms with Crippen molar-refractivity contribution in [3.63, 3.8) is 0 Å². The molecule has 0 unspecified atom stereocenters. The van der Waals surface area contributed by atoms with Gasteiger partial charge in [0.1, 0.15) is 4.60 Å². The number of hydrogen-bond donors (Lipinski definition) is 0. The van der Waals surface area contributed by atoms with E-state index in [1.54, 1.807) is 6.20 Å². The summed E-state index contributed by atoms with van der Waals surface area (Å²) < 4.78 is 7.91. The Morgan fingerprint density at radius 1 is 1.85 bits per heavy atom. The number of aldehydes is 1. The molecular weight excluding hydrogens is 236 g/mol. The van der Waals surface area contributed by atoms with Crippen LogP contribution in [0.5, 0.6) is 0 Å². The minimum atomic E-state index is 0.240. The molecular formula is C8H9BrN2O2. The molecule has 13 heavy (non-hydrogen) atoms. The Bertz CT molecular complexity index is 320. The van der Waals surface area contributed by atoms with Crippen LogP contribution in [0.15, 0.2) is 10.8 Å². The molecule has 0 amide bonds. The maximum absolute atomic E-state index is 10.6. The van der Waals surface area contributed by atoms with Crippen molar-refractivity contribution in [2.45, 2.75) is 19.1 Å². The fraction of sp³-hybridized carbons (Fsp3) is 0.500. The van der Waals surface area contributed by atoms with E-state index in [2.05, 4.69) is 20.9 Å². The molecule has 1 aromatic heterocycles. The maximum atomic E-state index is 10.6. The van der Waals surface area contributed by atoms with E-state index in [9.17, 15) is 4.79 Å². The van der Waals surface area contributed by atoms with Gasteiger partial charge in [0.25, 0.3) is 0 Å². The zero-order chi connectivity index (χ0) is 9.26. The van der Waals surface area contributed by atoms with Gasteiger partial charge in [0, 0.05) is 6.61 Å². The second kappa shape index (κ2) is 3.59. The van der Waals surface area contributed by atoms with Gasteiger partial charge in [0.05, 0.1) is 18.8 Å². The van der Waals surface area contributed by atoms with Crippen LogP contribution in [0.4, 0.5) is 0 Å². The van der Waals surface area contributed by atoms with Crippen molar-refractivity contribution in [2.75, 3.05) is 6.61 Å². The number of imidazole rings is 1. The van der Waals surface area contributed by atoms with E-state index < -0.39 is 0 Å². The molecule has 2 heterocycles. The first-order valence-corrected chi connectivity index (χ1v) is 4.88. The predicted molar refractivity (Wildman–Crippen MR) is 49.7 cm³/mol. The molecule has 0 N–H and O–H groups in total. The summed E-state index contributed by atoms with van der Waals surface area (Å²) in [5.74, 6) is 0.447. The van der Waals surface area contributed by atoms with E-state index >= 15 is 0 Å². The zero-order valence-corrected chi connectivity index (χ0v) is 8.53. The van der Waals surface area contributed by atoms with Gasteiger partial charge in [-0.15, -0.1) is 0 Å². The molecule has 0 aromatic carbocycles. The normalized spacial score (nSPS) is 21.2. The molecule has 1 atom stereocenters. The van der Waals surface area contributed by atoms with Crippen molar-refractivity contribution in [1.29, 1.82) is 0 Å². The largest absolute Gasteiger partial charge is 0.376 e. The summed E-state index contributed by atoms with van der Waals surface area (Å²) in [6.07, 6.45) is 3.68. The van der Waals surface area contributed by atoms with Crippen molar-refractivity contribution in [3.05, 3.63) is 16.6 Å². The number of rotatable bonds is 3. The predicted octanol–water partition coefficient (Wildman–Crippen LogP) is 1.25. The fourth-order valence-corrected chi connectivity index (χ4v) is 1.70. The number of halogens is 1. The molecule has 1 saturated heterocycles. The molecule has 1 aromatic rings. The van der Waals surface area contributed by atoms with Gasteiger partial charge in [0.2, 0.25) is 0 Å². The first-order valence-electron chi connectivity index (χ1n) is 4.09. The Balaban J connectivity index is 2.15. The average Bonchev–Trinajstić information content (AvgIpc) is 2.39. The summed E-state index contributed by atoms with van der Waals surface area (Å²) in [6.45, 7) is 1.53. The van der Waals surface area contributed by atoms with E-state index in [0.29, 0.717) is 12.4 Å². The summed E-state index contributed by atoms with van der Waals surface area (Å²) in [4.78, 5) is 14.5. The average molecular weight is 245 g/mol. The van der Waals surface area contributed by atoms with Crippen LogP contribution in [-0.2, 0) is 11.3 Å². The zero-order valence-electron chi connectivity index (χ0n) is 6.94. The standard InChI is InChI=1S/C8H9BrN2O2/c9-7-3-10-8(5-12)11(7)4-6-1-2-13-6/h3,5-6H,1-2,4H2/t6-/m0/s1. The van der Waals surface area contributed by atoms with Crippen LogP contribution in [0.25, 0.3) is 0 Å². The molecule has 0 bridgehead atoms. The molecule has 4 nitrogen and oxygen atoms in total. The third-order valence-corrected chi connectivity index (χ3v) is 2.76. The molecule has 1 aliphatic rings. The van der Waals surface area contributed by atoms with E-state index in [0.717, 1.165) is 23.9 Å². The minimum absolute atomic E-state index is 0.240. The van der Waals surface area contributed by atoms with E-state index in [-0.39, 0.29) is 6.10 Å². The Morgan fingerprint density at radius 3 is 3.15 bits per heavy atom. The fourth-order valence-electron chi connectivity index (χ4n) is 1.28. The molecule has 5 heteroatoms. The Hall–Kier alpha value is -0.680. The number of carbonyl (C=O) groups is 1. The number of hydrogen-bond acceptors (Lipinski definition) is 3. The highest BCUT2D eigenvalue weighted by molar-refractivity contribution is 9.10. The van der Waals surface area contributed by atoms with Gasteiger partial charge in [-0.2, -0.15) is 0 Å². The minimum Gasteiger partial charge on any atom is -0.376 e. The van der Waals surface area contributed by atoms with Crippen LogP contribution >= 0.6 is 15.9 Å². The van der Waals surface area contributed by atoms with Crippen LogP contribution in [0, 0.1) is 0 Å². The van der Waals surface area contributed by atoms with Gasteiger partial charge < -0.3 is 9.30 Å². The van der Waals surface area contributed by atoms with Crippen LogP contribution in [0.1, 0.15) is 17.0 Å². The van der Waals surface area contributed by atoms with Crippen molar-refractivity contribution < 1.29 is 9.53 Å². The topological polar surface area (TPSA) is 44.1 Å². The van der Waals surface area contributed by atoms with Gasteiger partial charge in [-0.3, -0.25) is 4.79 Å². The molecule has 2 rings (SSSR count). The second-order valence-electron chi connectivity index (χ2n) is 2.95. The van der Waals surface area contributed by atoms with Gasteiger partial charge in [-0.1, -0.05) is 0 Å². The Morgan fingerprint density at radius 2 is 2.62 bits per heavy atom. The number of aromatic nitrogens is 2. The first-order chi connectivity index (χ1) is 6.31. The first kappa shape index (κ1) is 8.90. The maximum Gasteiger partial charge on any atom is 0.185 e. The van der Waals surface area contributed by atoms with Crippen LogP contribution in [-0.4, -0.2) is 28.5 Å². The SMILES string of the molecule is O=Cc1ncc(Br)n1C[C@@H]1CCO1. The third kappa shape index (κ3) is 1.66. The highest BCUT2D eigenvalue weighted by Gasteiger charge is 2.20. The van der Waals surface area contributed by atoms with Crippen molar-refractivity contribution in [2.24, 2.45) is 0 Å². The molecule has 70 valence electrons. The van der Waals surface area contributed by atoms with Gasteiger partial charge in [-0.05, 0) is 22.4 Å². The van der Waals surface area contributed by atoms with Crippen LogP contribution < -0.4 is 0 Å². The molecule has 0 radical (unpaired) electrons. The molecule has 0 aliphatic carbocycles. The second-order valence-corrected chi connectivity index (χ2v) is 3.76. The lowest BCUT2D eigenvalue weighted by Crippen LogP contribution is -2.31. The van der Waals surface area contributed by atoms with Gasteiger partial charge in [0.15, 0.2) is 12.1 Å². The van der Waals surface area contributed by atoms with Crippen molar-refractivity contribution in [3.8, 4) is 0 Å². The molecule has 1 aliphatic heterocycles. The lowest BCUT2D eigenvalue weighted by molar-refractivity contribution is -0.0596. The van der Waals surface area contributed by atoms with E-state index in [1.165, 1.54) is 0 Å². The summed E-state index contributed by atoms with van der Waals surface area (Å²) in [5, 5.41) is 0. The Kier molecular flexibility index (Phi) is 2.46. The lowest BCUT2D eigenvalue weighted by Gasteiger charge is -2.27. The van der Waals surface area contributed by atoms with Crippen LogP contribution in [0.2, 0.25) is 0 Å². The highest BCUT2D eigenvalue weighted by atomic mass is 79.9. The lowest BCUT2D eigenvalue weighted by atomic mass is 10.2. The van der Waals surface area contributed by atoms with Crippen LogP contribution in [0.3, 0.4) is 0 Å². The smallest absolute Gasteiger partial charge is 0.185 e. The van der Waals surface area contributed by atoms with Gasteiger partial charge >= 0.3 is 0 Å². The van der Waals surface area contributed by atoms with E-state index in [4.69, 9.17) is 4.74 Å². The summed E-state index contributed by atoms with van der Waals surface area (Å²) in [7, 11) is 0. The number of ether oxygens (including phenoxy) is 1. The monoisotopic (exact) mass is 244 g/mol. The summed E-state index contributed by atoms with van der Waals surface area (Å²) in [5.41, 5.74) is 0. The number of nitrogens with zero attached hydrogens (tertiary/aromatic N) is 2. The van der Waals surface area contributed by atoms with Crippen molar-refractivity contribution in [1.82, 2.24) is 9.55 Å². The quantitative estimate of drug-likeness (QED) is 0.752. The third-order valence-electron chi connectivity index (χ3n) is 2.12.